The van der Waals surface area contributed by atoms with Gasteiger partial charge >= 0.3 is 0 Å². The van der Waals surface area contributed by atoms with E-state index in [9.17, 15) is 22.0 Å². The first-order valence-electron chi connectivity index (χ1n) is 7.60. The topological polar surface area (TPSA) is 63.2 Å². The van der Waals surface area contributed by atoms with Gasteiger partial charge in [0.1, 0.15) is 0 Å². The molecule has 4 nitrogen and oxygen atoms in total. The fourth-order valence-electron chi connectivity index (χ4n) is 2.00. The number of hydrogen-bond acceptors (Lipinski definition) is 3. The molecule has 0 saturated carbocycles. The number of carbonyl (C=O) groups excluding carboxylic acids is 1. The average molecular weight is 365 g/mol. The van der Waals surface area contributed by atoms with Crippen LogP contribution in [0.3, 0.4) is 0 Å². The van der Waals surface area contributed by atoms with Crippen LogP contribution in [0.25, 0.3) is 6.08 Å². The molecule has 7 heteroatoms. The molecule has 25 heavy (non-hydrogen) atoms. The van der Waals surface area contributed by atoms with Gasteiger partial charge in [-0.3, -0.25) is 4.79 Å². The molecule has 0 saturated heterocycles. The van der Waals surface area contributed by atoms with E-state index in [4.69, 9.17) is 0 Å². The molecule has 0 aliphatic carbocycles. The SMILES string of the molecule is CCCNS(=O)(=O)c1ccc(C(=O)/C=C/c2ccc(F)c(F)c2)cc1. The van der Waals surface area contributed by atoms with Crippen LogP contribution in [0, 0.1) is 11.6 Å². The molecular weight excluding hydrogens is 348 g/mol. The maximum atomic E-state index is 13.1. The molecule has 0 radical (unpaired) electrons. The number of hydrogen-bond donors (Lipinski definition) is 1. The summed E-state index contributed by atoms with van der Waals surface area (Å²) in [6.45, 7) is 2.18. The Morgan fingerprint density at radius 1 is 1.08 bits per heavy atom. The highest BCUT2D eigenvalue weighted by molar-refractivity contribution is 7.89. The van der Waals surface area contributed by atoms with Crippen molar-refractivity contribution in [1.82, 2.24) is 4.72 Å². The number of allylic oxidation sites excluding steroid dienone is 1. The summed E-state index contributed by atoms with van der Waals surface area (Å²) in [4.78, 5) is 12.2. The summed E-state index contributed by atoms with van der Waals surface area (Å²) in [5, 5.41) is 0. The van der Waals surface area contributed by atoms with Crippen molar-refractivity contribution in [3.8, 4) is 0 Å². The van der Waals surface area contributed by atoms with Crippen molar-refractivity contribution < 1.29 is 22.0 Å². The van der Waals surface area contributed by atoms with E-state index in [-0.39, 0.29) is 16.2 Å². The predicted octanol–water partition coefficient (Wildman–Crippen LogP) is 3.55. The van der Waals surface area contributed by atoms with E-state index in [1.807, 2.05) is 6.92 Å². The minimum absolute atomic E-state index is 0.0714. The molecule has 0 atom stereocenters. The van der Waals surface area contributed by atoms with Gasteiger partial charge in [-0.1, -0.05) is 19.1 Å². The van der Waals surface area contributed by atoms with Crippen LogP contribution in [-0.2, 0) is 10.0 Å². The second-order valence-corrected chi connectivity index (χ2v) is 7.06. The Kier molecular flexibility index (Phi) is 6.17. The second-order valence-electron chi connectivity index (χ2n) is 5.29. The van der Waals surface area contributed by atoms with E-state index in [1.54, 1.807) is 0 Å². The van der Waals surface area contributed by atoms with Gasteiger partial charge in [0.05, 0.1) is 4.90 Å². The average Bonchev–Trinajstić information content (AvgIpc) is 2.61. The Bertz CT molecular complexity index is 891. The van der Waals surface area contributed by atoms with Crippen molar-refractivity contribution in [2.45, 2.75) is 18.2 Å². The van der Waals surface area contributed by atoms with Gasteiger partial charge in [-0.2, -0.15) is 0 Å². The fourth-order valence-corrected chi connectivity index (χ4v) is 3.14. The number of nitrogens with one attached hydrogen (secondary N) is 1. The standard InChI is InChI=1S/C18H17F2NO3S/c1-2-11-21-25(23,24)15-7-5-14(6-8-15)18(22)10-4-13-3-9-16(19)17(20)12-13/h3-10,12,21H,2,11H2,1H3/b10-4+. The third kappa shape index (κ3) is 5.04. The molecule has 0 unspecified atom stereocenters. The predicted molar refractivity (Wildman–Crippen MR) is 91.6 cm³/mol. The zero-order valence-electron chi connectivity index (χ0n) is 13.5. The van der Waals surface area contributed by atoms with Crippen LogP contribution in [0.4, 0.5) is 8.78 Å². The zero-order chi connectivity index (χ0) is 18.4. The van der Waals surface area contributed by atoms with Crippen LogP contribution in [0.1, 0.15) is 29.3 Å². The molecular formula is C18H17F2NO3S. The van der Waals surface area contributed by atoms with Crippen molar-refractivity contribution in [3.05, 3.63) is 71.3 Å². The Morgan fingerprint density at radius 2 is 1.76 bits per heavy atom. The Hall–Kier alpha value is -2.38. The zero-order valence-corrected chi connectivity index (χ0v) is 14.3. The molecule has 0 fully saturated rings. The monoisotopic (exact) mass is 365 g/mol. The molecule has 1 N–H and O–H groups in total. The van der Waals surface area contributed by atoms with Crippen LogP contribution < -0.4 is 4.72 Å². The minimum atomic E-state index is -3.59. The van der Waals surface area contributed by atoms with E-state index in [0.29, 0.717) is 18.5 Å². The number of halogens is 2. The second kappa shape index (κ2) is 8.13. The van der Waals surface area contributed by atoms with Gasteiger partial charge in [-0.15, -0.1) is 0 Å². The summed E-state index contributed by atoms with van der Waals surface area (Å²) in [7, 11) is -3.59. The van der Waals surface area contributed by atoms with Crippen molar-refractivity contribution in [3.63, 3.8) is 0 Å². The summed E-state index contributed by atoms with van der Waals surface area (Å²) in [6.07, 6.45) is 3.24. The molecule has 0 aliphatic heterocycles. The van der Waals surface area contributed by atoms with E-state index < -0.39 is 21.7 Å². The number of carbonyl (C=O) groups is 1. The molecule has 0 aromatic heterocycles. The van der Waals surface area contributed by atoms with Crippen LogP contribution in [-0.4, -0.2) is 20.7 Å². The van der Waals surface area contributed by atoms with Crippen molar-refractivity contribution in [1.29, 1.82) is 0 Å². The molecule has 2 aromatic rings. The summed E-state index contributed by atoms with van der Waals surface area (Å²) in [6, 6.07) is 8.79. The normalized spacial score (nSPS) is 11.8. The highest BCUT2D eigenvalue weighted by Gasteiger charge is 2.13. The highest BCUT2D eigenvalue weighted by Crippen LogP contribution is 2.13. The summed E-state index contributed by atoms with van der Waals surface area (Å²) < 4.78 is 52.3. The van der Waals surface area contributed by atoms with Crippen LogP contribution >= 0.6 is 0 Å². The largest absolute Gasteiger partial charge is 0.289 e. The van der Waals surface area contributed by atoms with E-state index in [1.165, 1.54) is 42.5 Å². The molecule has 2 rings (SSSR count). The lowest BCUT2D eigenvalue weighted by Crippen LogP contribution is -2.24. The third-order valence-corrected chi connectivity index (χ3v) is 4.84. The maximum Gasteiger partial charge on any atom is 0.240 e. The minimum Gasteiger partial charge on any atom is -0.289 e. The van der Waals surface area contributed by atoms with Gasteiger partial charge in [-0.05, 0) is 54.5 Å². The molecule has 0 spiro atoms. The van der Waals surface area contributed by atoms with Gasteiger partial charge in [-0.25, -0.2) is 21.9 Å². The van der Waals surface area contributed by atoms with E-state index in [0.717, 1.165) is 12.1 Å². The molecule has 0 heterocycles. The van der Waals surface area contributed by atoms with Gasteiger partial charge in [0.15, 0.2) is 17.4 Å². The van der Waals surface area contributed by atoms with Crippen LogP contribution in [0.15, 0.2) is 53.4 Å². The maximum absolute atomic E-state index is 13.1. The lowest BCUT2D eigenvalue weighted by Gasteiger charge is -2.05. The Morgan fingerprint density at radius 3 is 2.36 bits per heavy atom. The fraction of sp³-hybridized carbons (Fsp3) is 0.167. The smallest absolute Gasteiger partial charge is 0.240 e. The summed E-state index contributed by atoms with van der Waals surface area (Å²) in [5.41, 5.74) is 0.628. The van der Waals surface area contributed by atoms with Crippen molar-refractivity contribution in [2.24, 2.45) is 0 Å². The van der Waals surface area contributed by atoms with Gasteiger partial charge < -0.3 is 0 Å². The quantitative estimate of drug-likeness (QED) is 0.603. The van der Waals surface area contributed by atoms with Gasteiger partial charge in [0.25, 0.3) is 0 Å². The first-order valence-corrected chi connectivity index (χ1v) is 9.09. The number of benzene rings is 2. The summed E-state index contributed by atoms with van der Waals surface area (Å²) in [5.74, 6) is -2.34. The van der Waals surface area contributed by atoms with E-state index in [2.05, 4.69) is 4.72 Å². The molecule has 0 aliphatic rings. The molecule has 0 amide bonds. The molecule has 2 aromatic carbocycles. The highest BCUT2D eigenvalue weighted by atomic mass is 32.2. The van der Waals surface area contributed by atoms with Gasteiger partial charge in [0.2, 0.25) is 10.0 Å². The lowest BCUT2D eigenvalue weighted by atomic mass is 10.1. The lowest BCUT2D eigenvalue weighted by molar-refractivity contribution is 0.104. The van der Waals surface area contributed by atoms with Gasteiger partial charge in [0, 0.05) is 12.1 Å². The molecule has 0 bridgehead atoms. The summed E-state index contributed by atoms with van der Waals surface area (Å²) >= 11 is 0. The van der Waals surface area contributed by atoms with Crippen molar-refractivity contribution in [2.75, 3.05) is 6.54 Å². The molecule has 132 valence electrons. The Balaban J connectivity index is 2.12. The first kappa shape index (κ1) is 19.0. The Labute approximate surface area is 145 Å². The third-order valence-electron chi connectivity index (χ3n) is 3.36. The number of sulfonamides is 1. The van der Waals surface area contributed by atoms with Crippen LogP contribution in [0.2, 0.25) is 0 Å². The number of rotatable bonds is 7. The number of ketones is 1. The van der Waals surface area contributed by atoms with E-state index >= 15 is 0 Å². The first-order chi connectivity index (χ1) is 11.8. The van der Waals surface area contributed by atoms with Crippen LogP contribution in [0.5, 0.6) is 0 Å². The van der Waals surface area contributed by atoms with Crippen molar-refractivity contribution >= 4 is 21.9 Å².